The summed E-state index contributed by atoms with van der Waals surface area (Å²) in [6.45, 7) is 4.55. The zero-order valence-corrected chi connectivity index (χ0v) is 5.70. The molecule has 0 amide bonds. The lowest BCUT2D eigenvalue weighted by atomic mass is 9.96. The van der Waals surface area contributed by atoms with Crippen molar-refractivity contribution in [1.82, 2.24) is 0 Å². The minimum Gasteiger partial charge on any atom is -0.0810 e. The molecule has 0 aromatic rings. The van der Waals surface area contributed by atoms with Crippen LogP contribution in [0.1, 0.15) is 26.7 Å². The van der Waals surface area contributed by atoms with E-state index in [1.165, 1.54) is 19.2 Å². The van der Waals surface area contributed by atoms with Gasteiger partial charge in [-0.05, 0) is 5.92 Å². The zero-order valence-electron chi connectivity index (χ0n) is 5.70. The molecular formula is C6H15B. The van der Waals surface area contributed by atoms with Gasteiger partial charge in [0.2, 0.25) is 0 Å². The molecular weight excluding hydrogens is 82.9 g/mol. The molecule has 0 aliphatic carbocycles. The summed E-state index contributed by atoms with van der Waals surface area (Å²) in [4.78, 5) is 0. The highest BCUT2D eigenvalue weighted by Gasteiger charge is 1.88. The van der Waals surface area contributed by atoms with Crippen LogP contribution in [-0.4, -0.2) is 7.85 Å². The van der Waals surface area contributed by atoms with Gasteiger partial charge in [-0.25, -0.2) is 0 Å². The van der Waals surface area contributed by atoms with E-state index in [1.54, 1.807) is 0 Å². The van der Waals surface area contributed by atoms with E-state index in [4.69, 9.17) is 0 Å². The van der Waals surface area contributed by atoms with Gasteiger partial charge in [-0.15, -0.1) is 0 Å². The summed E-state index contributed by atoms with van der Waals surface area (Å²) in [5, 5.41) is 0. The predicted octanol–water partition coefficient (Wildman–Crippen LogP) is 1.47. The van der Waals surface area contributed by atoms with Gasteiger partial charge in [0.25, 0.3) is 0 Å². The molecule has 0 radical (unpaired) electrons. The highest BCUT2D eigenvalue weighted by molar-refractivity contribution is 6.08. The predicted molar refractivity (Wildman–Crippen MR) is 37.4 cm³/mol. The van der Waals surface area contributed by atoms with Crippen molar-refractivity contribution >= 4 is 7.85 Å². The van der Waals surface area contributed by atoms with Crippen LogP contribution >= 0.6 is 0 Å². The Morgan fingerprint density at radius 1 is 1.43 bits per heavy atom. The normalized spacial score (nSPS) is 10.1. The Hall–Kier alpha value is 0.0649. The van der Waals surface area contributed by atoms with Crippen molar-refractivity contribution in [2.75, 3.05) is 0 Å². The summed E-state index contributed by atoms with van der Waals surface area (Å²) >= 11 is 0. The first kappa shape index (κ1) is 7.06. The van der Waals surface area contributed by atoms with E-state index in [1.807, 2.05) is 0 Å². The maximum absolute atomic E-state index is 2.27. The third-order valence-electron chi connectivity index (χ3n) is 1.14. The minimum atomic E-state index is 0.903. The molecule has 0 unspecified atom stereocenters. The van der Waals surface area contributed by atoms with Gasteiger partial charge in [0, 0.05) is 0 Å². The average Bonchev–Trinajstić information content (AvgIpc) is 1.61. The van der Waals surface area contributed by atoms with Gasteiger partial charge in [-0.3, -0.25) is 0 Å². The molecule has 0 saturated carbocycles. The summed E-state index contributed by atoms with van der Waals surface area (Å²) in [6, 6.07) is 0. The van der Waals surface area contributed by atoms with Gasteiger partial charge in [0.15, 0.2) is 0 Å². The molecule has 0 nitrogen and oxygen atoms in total. The van der Waals surface area contributed by atoms with E-state index in [0.717, 1.165) is 5.92 Å². The van der Waals surface area contributed by atoms with Crippen molar-refractivity contribution in [1.29, 1.82) is 0 Å². The molecule has 0 aliphatic rings. The van der Waals surface area contributed by atoms with E-state index in [-0.39, 0.29) is 0 Å². The summed E-state index contributed by atoms with van der Waals surface area (Å²) < 4.78 is 0. The molecule has 0 aromatic carbocycles. The summed E-state index contributed by atoms with van der Waals surface area (Å²) in [6.07, 6.45) is 4.15. The highest BCUT2D eigenvalue weighted by atomic mass is 13.9. The Morgan fingerprint density at radius 3 is 2.14 bits per heavy atom. The number of hydrogen-bond donors (Lipinski definition) is 0. The van der Waals surface area contributed by atoms with Crippen LogP contribution in [0.5, 0.6) is 0 Å². The van der Waals surface area contributed by atoms with Gasteiger partial charge in [0.05, 0.1) is 0 Å². The maximum atomic E-state index is 2.27. The van der Waals surface area contributed by atoms with E-state index < -0.39 is 0 Å². The zero-order chi connectivity index (χ0) is 5.70. The quantitative estimate of drug-likeness (QED) is 0.469. The van der Waals surface area contributed by atoms with Crippen LogP contribution in [0.25, 0.3) is 0 Å². The van der Waals surface area contributed by atoms with Gasteiger partial charge >= 0.3 is 0 Å². The second kappa shape index (κ2) is 4.23. The van der Waals surface area contributed by atoms with Gasteiger partial charge in [0.1, 0.15) is 7.85 Å². The highest BCUT2D eigenvalue weighted by Crippen LogP contribution is 2.03. The van der Waals surface area contributed by atoms with Crippen LogP contribution in [0, 0.1) is 5.92 Å². The fraction of sp³-hybridized carbons (Fsp3) is 1.00. The molecule has 0 aromatic heterocycles. The largest absolute Gasteiger partial charge is 0.101 e. The number of rotatable bonds is 3. The van der Waals surface area contributed by atoms with Crippen LogP contribution in [-0.2, 0) is 0 Å². The van der Waals surface area contributed by atoms with E-state index in [9.17, 15) is 0 Å². The Kier molecular flexibility index (Phi) is 4.27. The van der Waals surface area contributed by atoms with Crippen molar-refractivity contribution in [2.24, 2.45) is 5.92 Å². The first-order valence-corrected chi connectivity index (χ1v) is 3.27. The summed E-state index contributed by atoms with van der Waals surface area (Å²) in [5.74, 6) is 0.903. The summed E-state index contributed by atoms with van der Waals surface area (Å²) in [7, 11) is 2.24. The molecule has 0 bridgehead atoms. The van der Waals surface area contributed by atoms with E-state index in [0.29, 0.717) is 0 Å². The monoisotopic (exact) mass is 98.1 g/mol. The van der Waals surface area contributed by atoms with Crippen LogP contribution in [0.15, 0.2) is 0 Å². The Bertz CT molecular complexity index is 33.2. The first-order chi connectivity index (χ1) is 3.27. The molecule has 42 valence electrons. The smallest absolute Gasteiger partial charge is 0.0810 e. The van der Waals surface area contributed by atoms with Gasteiger partial charge < -0.3 is 0 Å². The lowest BCUT2D eigenvalue weighted by molar-refractivity contribution is 0.576. The van der Waals surface area contributed by atoms with Crippen molar-refractivity contribution in [3.63, 3.8) is 0 Å². The second-order valence-corrected chi connectivity index (χ2v) is 2.54. The van der Waals surface area contributed by atoms with Crippen LogP contribution in [0.4, 0.5) is 0 Å². The second-order valence-electron chi connectivity index (χ2n) is 2.54. The van der Waals surface area contributed by atoms with Crippen LogP contribution in [0.3, 0.4) is 0 Å². The van der Waals surface area contributed by atoms with Crippen LogP contribution < -0.4 is 0 Å². The fourth-order valence-electron chi connectivity index (χ4n) is 0.612. The molecule has 0 spiro atoms. The third kappa shape index (κ3) is 6.06. The van der Waals surface area contributed by atoms with Crippen molar-refractivity contribution in [2.45, 2.75) is 33.0 Å². The average molecular weight is 98.0 g/mol. The third-order valence-corrected chi connectivity index (χ3v) is 1.14. The molecule has 0 rings (SSSR count). The first-order valence-electron chi connectivity index (χ1n) is 3.27. The van der Waals surface area contributed by atoms with Gasteiger partial charge in [-0.2, -0.15) is 0 Å². The topological polar surface area (TPSA) is 0 Å². The van der Waals surface area contributed by atoms with E-state index in [2.05, 4.69) is 21.7 Å². The Balaban J connectivity index is 2.68. The molecule has 0 fully saturated rings. The fourth-order valence-corrected chi connectivity index (χ4v) is 0.612. The molecule has 0 aliphatic heterocycles. The molecule has 0 N–H and O–H groups in total. The molecule has 1 heteroatoms. The number of hydrogen-bond acceptors (Lipinski definition) is 0. The molecule has 0 heterocycles. The molecule has 7 heavy (non-hydrogen) atoms. The Morgan fingerprint density at radius 2 is 2.00 bits per heavy atom. The molecule has 0 saturated heterocycles. The van der Waals surface area contributed by atoms with Crippen molar-refractivity contribution < 1.29 is 0 Å². The van der Waals surface area contributed by atoms with Gasteiger partial charge in [-0.1, -0.05) is 33.0 Å². The minimum absolute atomic E-state index is 0.903. The Labute approximate surface area is 47.7 Å². The van der Waals surface area contributed by atoms with Crippen molar-refractivity contribution in [3.05, 3.63) is 0 Å². The lowest BCUT2D eigenvalue weighted by Gasteiger charge is -1.98. The van der Waals surface area contributed by atoms with Crippen molar-refractivity contribution in [3.8, 4) is 0 Å². The van der Waals surface area contributed by atoms with E-state index >= 15 is 0 Å². The molecule has 0 atom stereocenters. The maximum Gasteiger partial charge on any atom is 0.101 e. The SMILES string of the molecule is BCCCC(C)C. The summed E-state index contributed by atoms with van der Waals surface area (Å²) in [5.41, 5.74) is 0. The van der Waals surface area contributed by atoms with Crippen LogP contribution in [0.2, 0.25) is 6.32 Å². The standard InChI is InChI=1S/C6H15B/c1-6(2)4-3-5-7/h6H,3-5,7H2,1-2H3. The lowest BCUT2D eigenvalue weighted by Crippen LogP contribution is -1.84.